The third kappa shape index (κ3) is 3.60. The molecular formula is C17H21N3O. The molecule has 2 rings (SSSR count). The van der Waals surface area contributed by atoms with Gasteiger partial charge in [0.25, 0.3) is 5.91 Å². The average Bonchev–Trinajstić information content (AvgIpc) is 2.43. The second-order valence-electron chi connectivity index (χ2n) is 5.19. The maximum absolute atomic E-state index is 12.4. The Bertz CT molecular complexity index is 642. The zero-order valence-electron chi connectivity index (χ0n) is 12.9. The van der Waals surface area contributed by atoms with Crippen LogP contribution < -0.4 is 10.6 Å². The molecule has 2 N–H and O–H groups in total. The molecule has 1 amide bonds. The van der Waals surface area contributed by atoms with Crippen LogP contribution in [0.3, 0.4) is 0 Å². The van der Waals surface area contributed by atoms with Crippen LogP contribution in [0, 0.1) is 20.8 Å². The minimum Gasteiger partial charge on any atom is -0.385 e. The number of aryl methyl sites for hydroxylation is 3. The Labute approximate surface area is 125 Å². The van der Waals surface area contributed by atoms with Crippen molar-refractivity contribution < 1.29 is 4.79 Å². The van der Waals surface area contributed by atoms with E-state index in [-0.39, 0.29) is 5.91 Å². The number of anilines is 2. The molecule has 0 saturated carbocycles. The third-order valence-electron chi connectivity index (χ3n) is 3.29. The number of nitrogens with zero attached hydrogens (tertiary/aromatic N) is 1. The fourth-order valence-corrected chi connectivity index (χ4v) is 2.42. The van der Waals surface area contributed by atoms with Gasteiger partial charge in [-0.2, -0.15) is 0 Å². The summed E-state index contributed by atoms with van der Waals surface area (Å²) in [5.41, 5.74) is 5.48. The number of aromatic nitrogens is 1. The second kappa shape index (κ2) is 6.39. The van der Waals surface area contributed by atoms with E-state index in [1.54, 1.807) is 12.3 Å². The van der Waals surface area contributed by atoms with Crippen LogP contribution in [-0.4, -0.2) is 17.4 Å². The Morgan fingerprint density at radius 3 is 2.43 bits per heavy atom. The highest BCUT2D eigenvalue weighted by atomic mass is 16.1. The summed E-state index contributed by atoms with van der Waals surface area (Å²) in [5, 5.41) is 6.14. The van der Waals surface area contributed by atoms with Crippen LogP contribution in [0.25, 0.3) is 0 Å². The summed E-state index contributed by atoms with van der Waals surface area (Å²) >= 11 is 0. The molecule has 0 aliphatic rings. The van der Waals surface area contributed by atoms with Gasteiger partial charge in [-0.3, -0.25) is 9.78 Å². The molecule has 4 heteroatoms. The van der Waals surface area contributed by atoms with Gasteiger partial charge in [0, 0.05) is 24.1 Å². The monoisotopic (exact) mass is 283 g/mol. The van der Waals surface area contributed by atoms with Crippen LogP contribution >= 0.6 is 0 Å². The normalized spacial score (nSPS) is 10.3. The maximum atomic E-state index is 12.4. The molecule has 1 heterocycles. The molecule has 0 aliphatic heterocycles. The smallest absolute Gasteiger partial charge is 0.274 e. The first-order valence-corrected chi connectivity index (χ1v) is 7.10. The van der Waals surface area contributed by atoms with E-state index in [0.717, 1.165) is 29.0 Å². The second-order valence-corrected chi connectivity index (χ2v) is 5.19. The van der Waals surface area contributed by atoms with E-state index < -0.39 is 0 Å². The van der Waals surface area contributed by atoms with Crippen LogP contribution in [0.15, 0.2) is 30.5 Å². The molecule has 4 nitrogen and oxygen atoms in total. The summed E-state index contributed by atoms with van der Waals surface area (Å²) in [6.07, 6.45) is 1.64. The molecule has 1 aromatic carbocycles. The van der Waals surface area contributed by atoms with E-state index in [9.17, 15) is 4.79 Å². The summed E-state index contributed by atoms with van der Waals surface area (Å²) in [4.78, 5) is 16.5. The van der Waals surface area contributed by atoms with Gasteiger partial charge in [0.05, 0.1) is 0 Å². The molecule has 2 aromatic rings. The van der Waals surface area contributed by atoms with Gasteiger partial charge in [0.2, 0.25) is 0 Å². The van der Waals surface area contributed by atoms with Crippen molar-refractivity contribution in [3.8, 4) is 0 Å². The molecular weight excluding hydrogens is 262 g/mol. The fourth-order valence-electron chi connectivity index (χ4n) is 2.42. The van der Waals surface area contributed by atoms with Crippen molar-refractivity contribution in [3.63, 3.8) is 0 Å². The highest BCUT2D eigenvalue weighted by molar-refractivity contribution is 6.04. The molecule has 0 atom stereocenters. The van der Waals surface area contributed by atoms with Crippen molar-refractivity contribution in [3.05, 3.63) is 52.8 Å². The number of pyridine rings is 1. The quantitative estimate of drug-likeness (QED) is 0.899. The Kier molecular flexibility index (Phi) is 4.58. The first kappa shape index (κ1) is 15.0. The average molecular weight is 283 g/mol. The first-order valence-electron chi connectivity index (χ1n) is 7.10. The Morgan fingerprint density at radius 2 is 1.81 bits per heavy atom. The number of amides is 1. The van der Waals surface area contributed by atoms with Crippen molar-refractivity contribution in [1.82, 2.24) is 4.98 Å². The van der Waals surface area contributed by atoms with Crippen molar-refractivity contribution in [1.29, 1.82) is 0 Å². The number of carbonyl (C=O) groups excluding carboxylic acids is 1. The van der Waals surface area contributed by atoms with E-state index in [4.69, 9.17) is 0 Å². The number of hydrogen-bond donors (Lipinski definition) is 2. The van der Waals surface area contributed by atoms with Gasteiger partial charge in [0.1, 0.15) is 5.69 Å². The molecule has 0 bridgehead atoms. The third-order valence-corrected chi connectivity index (χ3v) is 3.29. The Hall–Kier alpha value is -2.36. The topological polar surface area (TPSA) is 54.0 Å². The number of hydrogen-bond acceptors (Lipinski definition) is 3. The SMILES string of the molecule is CCNc1ccnc(C(=O)Nc2c(C)cc(C)cc2C)c1. The Morgan fingerprint density at radius 1 is 1.14 bits per heavy atom. The zero-order valence-corrected chi connectivity index (χ0v) is 12.9. The lowest BCUT2D eigenvalue weighted by molar-refractivity contribution is 0.102. The van der Waals surface area contributed by atoms with E-state index in [2.05, 4.69) is 27.8 Å². The largest absolute Gasteiger partial charge is 0.385 e. The maximum Gasteiger partial charge on any atom is 0.274 e. The highest BCUT2D eigenvalue weighted by Crippen LogP contribution is 2.22. The number of benzene rings is 1. The van der Waals surface area contributed by atoms with Gasteiger partial charge < -0.3 is 10.6 Å². The van der Waals surface area contributed by atoms with Crippen LogP contribution in [-0.2, 0) is 0 Å². The van der Waals surface area contributed by atoms with Crippen LogP contribution in [0.5, 0.6) is 0 Å². The van der Waals surface area contributed by atoms with Crippen LogP contribution in [0.2, 0.25) is 0 Å². The van der Waals surface area contributed by atoms with Gasteiger partial charge in [-0.25, -0.2) is 0 Å². The van der Waals surface area contributed by atoms with E-state index in [0.29, 0.717) is 5.69 Å². The molecule has 0 aliphatic carbocycles. The predicted octanol–water partition coefficient (Wildman–Crippen LogP) is 3.69. The number of rotatable bonds is 4. The molecule has 0 spiro atoms. The highest BCUT2D eigenvalue weighted by Gasteiger charge is 2.11. The first-order chi connectivity index (χ1) is 10.0. The van der Waals surface area contributed by atoms with Gasteiger partial charge >= 0.3 is 0 Å². The molecule has 0 unspecified atom stereocenters. The van der Waals surface area contributed by atoms with Crippen molar-refractivity contribution in [2.24, 2.45) is 0 Å². The minimum atomic E-state index is -0.190. The number of nitrogens with one attached hydrogen (secondary N) is 2. The Balaban J connectivity index is 2.24. The lowest BCUT2D eigenvalue weighted by Gasteiger charge is -2.13. The molecule has 110 valence electrons. The number of carbonyl (C=O) groups is 1. The van der Waals surface area contributed by atoms with E-state index >= 15 is 0 Å². The summed E-state index contributed by atoms with van der Waals surface area (Å²) < 4.78 is 0. The van der Waals surface area contributed by atoms with Crippen LogP contribution in [0.1, 0.15) is 34.1 Å². The van der Waals surface area contributed by atoms with Crippen molar-refractivity contribution in [2.45, 2.75) is 27.7 Å². The van der Waals surface area contributed by atoms with Crippen molar-refractivity contribution in [2.75, 3.05) is 17.2 Å². The summed E-state index contributed by atoms with van der Waals surface area (Å²) in [7, 11) is 0. The van der Waals surface area contributed by atoms with Gasteiger partial charge in [0.15, 0.2) is 0 Å². The summed E-state index contributed by atoms with van der Waals surface area (Å²) in [5.74, 6) is -0.190. The molecule has 1 aromatic heterocycles. The zero-order chi connectivity index (χ0) is 15.4. The predicted molar refractivity (Wildman–Crippen MR) is 87.0 cm³/mol. The van der Waals surface area contributed by atoms with Crippen molar-refractivity contribution >= 4 is 17.3 Å². The van der Waals surface area contributed by atoms with Gasteiger partial charge in [-0.1, -0.05) is 17.7 Å². The fraction of sp³-hybridized carbons (Fsp3) is 0.294. The molecule has 0 fully saturated rings. The van der Waals surface area contributed by atoms with Gasteiger partial charge in [-0.05, 0) is 51.0 Å². The molecule has 0 radical (unpaired) electrons. The van der Waals surface area contributed by atoms with E-state index in [1.165, 1.54) is 5.56 Å². The minimum absolute atomic E-state index is 0.190. The van der Waals surface area contributed by atoms with Crippen LogP contribution in [0.4, 0.5) is 11.4 Å². The van der Waals surface area contributed by atoms with Gasteiger partial charge in [-0.15, -0.1) is 0 Å². The summed E-state index contributed by atoms with van der Waals surface area (Å²) in [6.45, 7) is 8.86. The standard InChI is InChI=1S/C17H21N3O/c1-5-18-14-6-7-19-15(10-14)17(21)20-16-12(3)8-11(2)9-13(16)4/h6-10H,5H2,1-4H3,(H,18,19)(H,20,21). The van der Waals surface area contributed by atoms with E-state index in [1.807, 2.05) is 33.8 Å². The summed E-state index contributed by atoms with van der Waals surface area (Å²) in [6, 6.07) is 7.73. The molecule has 0 saturated heterocycles. The molecule has 21 heavy (non-hydrogen) atoms. The lowest BCUT2D eigenvalue weighted by atomic mass is 10.0. The lowest BCUT2D eigenvalue weighted by Crippen LogP contribution is -2.15.